The van der Waals surface area contributed by atoms with Crippen molar-refractivity contribution in [3.63, 3.8) is 0 Å². The number of carbonyl (C=O) groups excluding carboxylic acids is 1. The number of nitro benzene ring substituents is 1. The van der Waals surface area contributed by atoms with E-state index in [9.17, 15) is 14.9 Å². The number of carbonyl (C=O) groups is 1. The molecular formula is C22H29N7O3S. The molecule has 0 aliphatic carbocycles. The quantitative estimate of drug-likeness (QED) is 0.186. The number of hydrogen-bond donors (Lipinski definition) is 2. The van der Waals surface area contributed by atoms with Gasteiger partial charge in [-0.05, 0) is 25.3 Å². The smallest absolute Gasteiger partial charge is 0.273 e. The molecule has 0 radical (unpaired) electrons. The second-order valence-electron chi connectivity index (χ2n) is 8.10. The van der Waals surface area contributed by atoms with E-state index in [1.54, 1.807) is 41.7 Å². The van der Waals surface area contributed by atoms with Crippen LogP contribution in [0.15, 0.2) is 29.6 Å². The third-order valence-corrected chi connectivity index (χ3v) is 5.92. The topological polar surface area (TPSA) is 128 Å². The molecule has 1 aromatic carbocycles. The van der Waals surface area contributed by atoms with Gasteiger partial charge in [0.15, 0.2) is 10.8 Å². The molecule has 0 fully saturated rings. The zero-order valence-electron chi connectivity index (χ0n) is 19.3. The Morgan fingerprint density at radius 1 is 1.30 bits per heavy atom. The summed E-state index contributed by atoms with van der Waals surface area (Å²) in [6.07, 6.45) is 2.75. The number of aryl methyl sites for hydroxylation is 1. The SMILES string of the molecule is CCCSc1nc(NCC(C)C)c2cnn(CCNC(=O)c3ccc(C)c([N+](=O)[O-])c3)c2n1. The molecular weight excluding hydrogens is 442 g/mol. The number of nitrogens with zero attached hydrogens (tertiary/aromatic N) is 5. The second kappa shape index (κ2) is 11.1. The average molecular weight is 472 g/mol. The molecule has 3 aromatic rings. The molecule has 0 bridgehead atoms. The molecule has 0 aliphatic heterocycles. The fourth-order valence-corrected chi connectivity index (χ4v) is 3.81. The molecule has 2 heterocycles. The molecule has 0 aliphatic rings. The lowest BCUT2D eigenvalue weighted by atomic mass is 10.1. The Morgan fingerprint density at radius 3 is 2.79 bits per heavy atom. The zero-order valence-corrected chi connectivity index (χ0v) is 20.1. The Bertz CT molecular complexity index is 1150. The van der Waals surface area contributed by atoms with Gasteiger partial charge in [0.1, 0.15) is 5.82 Å². The lowest BCUT2D eigenvalue weighted by Crippen LogP contribution is -2.27. The lowest BCUT2D eigenvalue weighted by molar-refractivity contribution is -0.385. The van der Waals surface area contributed by atoms with E-state index in [-0.39, 0.29) is 17.2 Å². The van der Waals surface area contributed by atoms with Crippen LogP contribution in [0, 0.1) is 23.0 Å². The van der Waals surface area contributed by atoms with Crippen LogP contribution in [0.25, 0.3) is 11.0 Å². The van der Waals surface area contributed by atoms with Gasteiger partial charge in [-0.3, -0.25) is 14.9 Å². The first-order valence-corrected chi connectivity index (χ1v) is 11.9. The third-order valence-electron chi connectivity index (χ3n) is 4.87. The predicted molar refractivity (Wildman–Crippen MR) is 130 cm³/mol. The highest BCUT2D eigenvalue weighted by molar-refractivity contribution is 7.99. The maximum Gasteiger partial charge on any atom is 0.273 e. The molecule has 1 amide bonds. The van der Waals surface area contributed by atoms with Gasteiger partial charge in [-0.15, -0.1) is 0 Å². The summed E-state index contributed by atoms with van der Waals surface area (Å²) in [5, 5.41) is 23.3. The summed E-state index contributed by atoms with van der Waals surface area (Å²) in [4.78, 5) is 32.5. The first-order chi connectivity index (χ1) is 15.8. The van der Waals surface area contributed by atoms with Crippen molar-refractivity contribution in [2.24, 2.45) is 5.92 Å². The first kappa shape index (κ1) is 24.4. The molecule has 3 rings (SSSR count). The number of rotatable bonds is 11. The summed E-state index contributed by atoms with van der Waals surface area (Å²) >= 11 is 1.60. The van der Waals surface area contributed by atoms with Gasteiger partial charge in [0.2, 0.25) is 0 Å². The van der Waals surface area contributed by atoms with Gasteiger partial charge in [-0.2, -0.15) is 5.10 Å². The second-order valence-corrected chi connectivity index (χ2v) is 9.16. The number of nitro groups is 1. The van der Waals surface area contributed by atoms with Crippen molar-refractivity contribution < 1.29 is 9.72 Å². The third kappa shape index (κ3) is 6.19. The minimum atomic E-state index is -0.485. The molecule has 0 unspecified atom stereocenters. The number of benzene rings is 1. The van der Waals surface area contributed by atoms with Crippen LogP contribution in [0.4, 0.5) is 11.5 Å². The molecule has 11 heteroatoms. The number of fused-ring (bicyclic) bond motifs is 1. The largest absolute Gasteiger partial charge is 0.369 e. The van der Waals surface area contributed by atoms with Gasteiger partial charge in [-0.25, -0.2) is 14.6 Å². The Kier molecular flexibility index (Phi) is 8.21. The van der Waals surface area contributed by atoms with E-state index in [1.807, 2.05) is 0 Å². The Labute approximate surface area is 196 Å². The average Bonchev–Trinajstić information content (AvgIpc) is 3.19. The molecule has 0 spiro atoms. The van der Waals surface area contributed by atoms with Crippen LogP contribution in [-0.4, -0.2) is 49.4 Å². The van der Waals surface area contributed by atoms with E-state index in [4.69, 9.17) is 0 Å². The van der Waals surface area contributed by atoms with Gasteiger partial charge in [0.05, 0.1) is 23.1 Å². The first-order valence-electron chi connectivity index (χ1n) is 10.9. The molecule has 0 saturated heterocycles. The van der Waals surface area contributed by atoms with Crippen LogP contribution in [0.1, 0.15) is 43.1 Å². The van der Waals surface area contributed by atoms with Crippen molar-refractivity contribution >= 4 is 40.2 Å². The van der Waals surface area contributed by atoms with Gasteiger partial charge in [0, 0.05) is 36.0 Å². The number of nitrogens with one attached hydrogen (secondary N) is 2. The van der Waals surface area contributed by atoms with Crippen molar-refractivity contribution in [2.75, 3.05) is 24.2 Å². The predicted octanol–water partition coefficient (Wildman–Crippen LogP) is 4.04. The maximum atomic E-state index is 12.5. The van der Waals surface area contributed by atoms with Crippen LogP contribution in [-0.2, 0) is 6.54 Å². The van der Waals surface area contributed by atoms with Crippen molar-refractivity contribution in [3.8, 4) is 0 Å². The summed E-state index contributed by atoms with van der Waals surface area (Å²) in [7, 11) is 0. The number of thioether (sulfide) groups is 1. The van der Waals surface area contributed by atoms with E-state index < -0.39 is 4.92 Å². The van der Waals surface area contributed by atoms with Crippen molar-refractivity contribution in [3.05, 3.63) is 45.6 Å². The van der Waals surface area contributed by atoms with Crippen molar-refractivity contribution in [2.45, 2.75) is 45.8 Å². The molecule has 0 atom stereocenters. The Morgan fingerprint density at radius 2 is 2.09 bits per heavy atom. The summed E-state index contributed by atoms with van der Waals surface area (Å²) in [6.45, 7) is 9.50. The van der Waals surface area contributed by atoms with Crippen molar-refractivity contribution in [1.82, 2.24) is 25.1 Å². The minimum absolute atomic E-state index is 0.0732. The van der Waals surface area contributed by atoms with E-state index in [2.05, 4.69) is 46.5 Å². The molecule has 2 N–H and O–H groups in total. The van der Waals surface area contributed by atoms with Crippen LogP contribution >= 0.6 is 11.8 Å². The van der Waals surface area contributed by atoms with Crippen LogP contribution in [0.5, 0.6) is 0 Å². The molecule has 2 aromatic heterocycles. The van der Waals surface area contributed by atoms with Gasteiger partial charge < -0.3 is 10.6 Å². The summed E-state index contributed by atoms with van der Waals surface area (Å²) < 4.78 is 1.74. The minimum Gasteiger partial charge on any atom is -0.369 e. The highest BCUT2D eigenvalue weighted by Crippen LogP contribution is 2.25. The van der Waals surface area contributed by atoms with Gasteiger partial charge >= 0.3 is 0 Å². The van der Waals surface area contributed by atoms with Crippen molar-refractivity contribution in [1.29, 1.82) is 0 Å². The fraction of sp³-hybridized carbons (Fsp3) is 0.455. The Balaban J connectivity index is 1.74. The van der Waals surface area contributed by atoms with E-state index in [0.717, 1.165) is 29.9 Å². The van der Waals surface area contributed by atoms with Crippen LogP contribution in [0.3, 0.4) is 0 Å². The number of anilines is 1. The monoisotopic (exact) mass is 471 g/mol. The van der Waals surface area contributed by atoms with Crippen LogP contribution < -0.4 is 10.6 Å². The summed E-state index contributed by atoms with van der Waals surface area (Å²) in [5.41, 5.74) is 1.39. The fourth-order valence-electron chi connectivity index (χ4n) is 3.12. The van der Waals surface area contributed by atoms with E-state index in [1.165, 1.54) is 6.07 Å². The van der Waals surface area contributed by atoms with E-state index in [0.29, 0.717) is 35.4 Å². The number of aromatic nitrogens is 4. The van der Waals surface area contributed by atoms with Gasteiger partial charge in [-0.1, -0.05) is 38.6 Å². The lowest BCUT2D eigenvalue weighted by Gasteiger charge is -2.11. The standard InChI is InChI=1S/C22H29N7O3S/c1-5-10-33-22-26-19(24-12-14(2)3)17-13-25-28(20(17)27-22)9-8-23-21(30)16-7-6-15(4)18(11-16)29(31)32/h6-7,11,13-14H,5,8-10,12H2,1-4H3,(H,23,30)(H,24,26,27). The van der Waals surface area contributed by atoms with Crippen LogP contribution in [0.2, 0.25) is 0 Å². The van der Waals surface area contributed by atoms with Gasteiger partial charge in [0.25, 0.3) is 11.6 Å². The Hall–Kier alpha value is -3.21. The summed E-state index contributed by atoms with van der Waals surface area (Å²) in [6, 6.07) is 4.45. The molecule has 33 heavy (non-hydrogen) atoms. The molecule has 176 valence electrons. The molecule has 0 saturated carbocycles. The highest BCUT2D eigenvalue weighted by atomic mass is 32.2. The normalized spacial score (nSPS) is 11.2. The number of amides is 1. The maximum absolute atomic E-state index is 12.5. The zero-order chi connectivity index (χ0) is 24.0. The highest BCUT2D eigenvalue weighted by Gasteiger charge is 2.16. The number of hydrogen-bond acceptors (Lipinski definition) is 8. The van der Waals surface area contributed by atoms with E-state index >= 15 is 0 Å². The molecule has 10 nitrogen and oxygen atoms in total. The summed E-state index contributed by atoms with van der Waals surface area (Å²) in [5.74, 6) is 1.77.